The molecule has 0 saturated carbocycles. The number of carboxylic acid groups (broad SMARTS) is 2. The largest absolute Gasteiger partial charge is 0.507 e. The fourth-order valence-corrected chi connectivity index (χ4v) is 6.80. The number of ketones is 2. The third kappa shape index (κ3) is 12.6. The Morgan fingerprint density at radius 2 is 1.05 bits per heavy atom. The molecule has 12 nitrogen and oxygen atoms in total. The summed E-state index contributed by atoms with van der Waals surface area (Å²) in [6.07, 6.45) is 6.57. The average molecular weight is 867 g/mol. The van der Waals surface area contributed by atoms with Crippen LogP contribution in [0.1, 0.15) is 118 Å². The fraction of sp³-hybridized carbons (Fsp3) is 0.269. The maximum Gasteiger partial charge on any atom is 0.337 e. The number of phenols is 2. The number of carboxylic acids is 2. The Morgan fingerprint density at radius 3 is 1.53 bits per heavy atom. The van der Waals surface area contributed by atoms with E-state index in [9.17, 15) is 39.6 Å². The molecule has 0 fully saturated rings. The zero-order chi connectivity index (χ0) is 46.9. The molecular weight excluding hydrogens is 813 g/mol. The molecule has 0 spiro atoms. The highest BCUT2D eigenvalue weighted by molar-refractivity contribution is 6.00. The van der Waals surface area contributed by atoms with Crippen LogP contribution in [0.4, 0.5) is 0 Å². The van der Waals surface area contributed by atoms with Gasteiger partial charge >= 0.3 is 11.9 Å². The normalized spacial score (nSPS) is 11.2. The molecule has 4 N–H and O–H groups in total. The Labute approximate surface area is 373 Å². The lowest BCUT2D eigenvalue weighted by atomic mass is 9.87. The van der Waals surface area contributed by atoms with Crippen LogP contribution in [0.2, 0.25) is 0 Å². The molecule has 332 valence electrons. The molecule has 2 heterocycles. The summed E-state index contributed by atoms with van der Waals surface area (Å²) in [6.45, 7) is 15.8. The predicted molar refractivity (Wildman–Crippen MR) is 244 cm³/mol. The van der Waals surface area contributed by atoms with E-state index >= 15 is 0 Å². The number of ether oxygens (including phenoxy) is 2. The Hall–Kier alpha value is -7.34. The molecular formula is C52H54N2O10. The van der Waals surface area contributed by atoms with E-state index < -0.39 is 11.9 Å². The molecule has 4 aromatic carbocycles. The molecule has 0 amide bonds. The minimum Gasteiger partial charge on any atom is -0.507 e. The summed E-state index contributed by atoms with van der Waals surface area (Å²) in [5, 5.41) is 39.7. The lowest BCUT2D eigenvalue weighted by molar-refractivity contribution is 0.0686. The number of carbonyl (C=O) groups excluding carboxylic acids is 2. The molecule has 0 saturated heterocycles. The van der Waals surface area contributed by atoms with Crippen LogP contribution >= 0.6 is 0 Å². The van der Waals surface area contributed by atoms with E-state index in [2.05, 4.69) is 9.97 Å². The van der Waals surface area contributed by atoms with Crippen LogP contribution in [0.5, 0.6) is 23.0 Å². The monoisotopic (exact) mass is 866 g/mol. The molecule has 0 unspecified atom stereocenters. The van der Waals surface area contributed by atoms with E-state index in [1.807, 2.05) is 90.1 Å². The molecule has 12 heteroatoms. The average Bonchev–Trinajstić information content (AvgIpc) is 3.24. The lowest BCUT2D eigenvalue weighted by Crippen LogP contribution is -2.13. The Bertz CT molecular complexity index is 2690. The highest BCUT2D eigenvalue weighted by Gasteiger charge is 2.23. The second-order valence-electron chi connectivity index (χ2n) is 18.0. The van der Waals surface area contributed by atoms with Crippen molar-refractivity contribution in [1.82, 2.24) is 9.97 Å². The summed E-state index contributed by atoms with van der Waals surface area (Å²) in [7, 11) is 0. The first kappa shape index (κ1) is 47.7. The van der Waals surface area contributed by atoms with Crippen molar-refractivity contribution in [3.8, 4) is 45.3 Å². The number of aromatic carboxylic acids is 2. The number of Topliss-reactive ketones (excluding diaryl/α,β-unsaturated/α-hetero) is 2. The zero-order valence-corrected chi connectivity index (χ0v) is 37.4. The van der Waals surface area contributed by atoms with Crippen LogP contribution in [-0.2, 0) is 13.2 Å². The maximum absolute atomic E-state index is 12.5. The minimum atomic E-state index is -1.03. The SMILES string of the molecule is Cc1c(OCc2cccc(-c3cncc(C(=O)O)c3)c2)ccc(C(=O)CC(C)(C)C)c1O.Cc1c(OCc2cccc(-c3cnccc3C(=O)O)c2)ccc(C(=O)CC(C)(C)C)c1O. The number of carbonyl (C=O) groups is 4. The molecule has 64 heavy (non-hydrogen) atoms. The number of hydrogen-bond acceptors (Lipinski definition) is 10. The van der Waals surface area contributed by atoms with Crippen LogP contribution in [0.15, 0.2) is 110 Å². The second-order valence-corrected chi connectivity index (χ2v) is 18.0. The van der Waals surface area contributed by atoms with Crippen molar-refractivity contribution in [1.29, 1.82) is 0 Å². The van der Waals surface area contributed by atoms with Gasteiger partial charge in [0.25, 0.3) is 0 Å². The van der Waals surface area contributed by atoms with Crippen LogP contribution in [0.25, 0.3) is 22.3 Å². The first-order valence-corrected chi connectivity index (χ1v) is 20.6. The quantitative estimate of drug-likeness (QED) is 0.0758. The minimum absolute atomic E-state index is 0.0536. The molecule has 0 bridgehead atoms. The summed E-state index contributed by atoms with van der Waals surface area (Å²) in [5.41, 5.74) is 6.03. The molecule has 0 atom stereocenters. The van der Waals surface area contributed by atoms with Crippen molar-refractivity contribution in [2.24, 2.45) is 10.8 Å². The van der Waals surface area contributed by atoms with Gasteiger partial charge in [-0.1, -0.05) is 77.9 Å². The number of aromatic hydroxyl groups is 2. The van der Waals surface area contributed by atoms with Gasteiger partial charge in [-0.25, -0.2) is 9.59 Å². The van der Waals surface area contributed by atoms with Gasteiger partial charge in [0, 0.05) is 59.9 Å². The first-order chi connectivity index (χ1) is 30.1. The van der Waals surface area contributed by atoms with E-state index in [0.717, 1.165) is 22.3 Å². The van der Waals surface area contributed by atoms with Crippen molar-refractivity contribution < 1.29 is 49.1 Å². The van der Waals surface area contributed by atoms with Crippen molar-refractivity contribution in [3.63, 3.8) is 0 Å². The van der Waals surface area contributed by atoms with Crippen molar-refractivity contribution in [2.45, 2.75) is 81.4 Å². The Balaban J connectivity index is 0.000000241. The van der Waals surface area contributed by atoms with E-state index in [0.29, 0.717) is 57.7 Å². The van der Waals surface area contributed by atoms with Gasteiger partial charge in [-0.05, 0) is 95.5 Å². The third-order valence-corrected chi connectivity index (χ3v) is 10.1. The predicted octanol–water partition coefficient (Wildman–Crippen LogP) is 11.3. The van der Waals surface area contributed by atoms with E-state index in [1.54, 1.807) is 50.4 Å². The highest BCUT2D eigenvalue weighted by Crippen LogP contribution is 2.36. The molecule has 0 radical (unpaired) electrons. The summed E-state index contributed by atoms with van der Waals surface area (Å²) >= 11 is 0. The highest BCUT2D eigenvalue weighted by atomic mass is 16.5. The summed E-state index contributed by atoms with van der Waals surface area (Å²) < 4.78 is 11.8. The Morgan fingerprint density at radius 1 is 0.547 bits per heavy atom. The van der Waals surface area contributed by atoms with Crippen molar-refractivity contribution >= 4 is 23.5 Å². The Kier molecular flexibility index (Phi) is 15.1. The number of phenolic OH excluding ortho intramolecular Hbond substituents is 2. The topological polar surface area (TPSA) is 193 Å². The number of benzene rings is 4. The number of hydrogen-bond donors (Lipinski definition) is 4. The number of pyridine rings is 2. The molecule has 0 aliphatic carbocycles. The van der Waals surface area contributed by atoms with Gasteiger partial charge in [0.1, 0.15) is 36.2 Å². The van der Waals surface area contributed by atoms with Crippen LogP contribution in [0, 0.1) is 24.7 Å². The van der Waals surface area contributed by atoms with E-state index in [1.165, 1.54) is 24.7 Å². The number of aromatic nitrogens is 2. The number of rotatable bonds is 14. The van der Waals surface area contributed by atoms with Gasteiger partial charge in [-0.2, -0.15) is 0 Å². The lowest BCUT2D eigenvalue weighted by Gasteiger charge is -2.18. The zero-order valence-electron chi connectivity index (χ0n) is 37.4. The fourth-order valence-electron chi connectivity index (χ4n) is 6.80. The van der Waals surface area contributed by atoms with Gasteiger partial charge in [0.15, 0.2) is 11.6 Å². The van der Waals surface area contributed by atoms with Crippen molar-refractivity contribution in [2.75, 3.05) is 0 Å². The molecule has 6 aromatic rings. The van der Waals surface area contributed by atoms with Crippen LogP contribution in [0.3, 0.4) is 0 Å². The van der Waals surface area contributed by atoms with Gasteiger partial charge in [-0.15, -0.1) is 0 Å². The third-order valence-electron chi connectivity index (χ3n) is 10.1. The van der Waals surface area contributed by atoms with Gasteiger partial charge in [-0.3, -0.25) is 19.6 Å². The smallest absolute Gasteiger partial charge is 0.337 e. The van der Waals surface area contributed by atoms with Crippen LogP contribution < -0.4 is 9.47 Å². The van der Waals surface area contributed by atoms with Gasteiger partial charge in [0.05, 0.1) is 22.3 Å². The number of nitrogens with zero attached hydrogens (tertiary/aromatic N) is 2. The molecule has 0 aliphatic rings. The van der Waals surface area contributed by atoms with E-state index in [-0.39, 0.29) is 58.2 Å². The maximum atomic E-state index is 12.5. The van der Waals surface area contributed by atoms with E-state index in [4.69, 9.17) is 9.47 Å². The standard InChI is InChI=1S/2C26H27NO5/c1-16-23(9-8-21(24(16)29)22(28)12-26(2,3)4)32-15-17-6-5-7-18(10-17)19-11-20(25(30)31)14-27-13-19;1-16-23(9-8-20(24(16)29)22(28)13-26(2,3)4)32-15-17-6-5-7-18(12-17)21-14-27-11-10-19(21)25(30)31/h5-11,13-14,29H,12,15H2,1-4H3,(H,30,31);5-12,14,29H,13,15H2,1-4H3,(H,30,31). The van der Waals surface area contributed by atoms with Gasteiger partial charge < -0.3 is 29.9 Å². The summed E-state index contributed by atoms with van der Waals surface area (Å²) in [4.78, 5) is 55.8. The second kappa shape index (κ2) is 20.2. The summed E-state index contributed by atoms with van der Waals surface area (Å²) in [5.74, 6) is -1.40. The summed E-state index contributed by atoms with van der Waals surface area (Å²) in [6, 6.07) is 24.5. The van der Waals surface area contributed by atoms with Gasteiger partial charge in [0.2, 0.25) is 0 Å². The first-order valence-electron chi connectivity index (χ1n) is 20.6. The van der Waals surface area contributed by atoms with Crippen molar-refractivity contribution in [3.05, 3.63) is 154 Å². The molecule has 6 rings (SSSR count). The molecule has 0 aliphatic heterocycles. The van der Waals surface area contributed by atoms with Crippen LogP contribution in [-0.4, -0.2) is 53.9 Å². The molecule has 2 aromatic heterocycles.